The molecule has 1 amide bonds. The molecule has 1 aromatic heterocycles. The van der Waals surface area contributed by atoms with Gasteiger partial charge in [-0.2, -0.15) is 0 Å². The van der Waals surface area contributed by atoms with Crippen LogP contribution >= 0.6 is 0 Å². The minimum Gasteiger partial charge on any atom is -0.508 e. The Morgan fingerprint density at radius 2 is 2.20 bits per heavy atom. The van der Waals surface area contributed by atoms with E-state index in [1.165, 1.54) is 0 Å². The van der Waals surface area contributed by atoms with Crippen LogP contribution in [0, 0.1) is 5.92 Å². The number of carbonyl (C=O) groups excluding carboxylic acids is 1. The number of hydrogen-bond acceptors (Lipinski definition) is 5. The summed E-state index contributed by atoms with van der Waals surface area (Å²) in [6.45, 7) is 5.63. The molecule has 0 aliphatic carbocycles. The number of benzene rings is 1. The summed E-state index contributed by atoms with van der Waals surface area (Å²) in [4.78, 5) is 16.6. The minimum atomic E-state index is -0.342. The molecule has 1 fully saturated rings. The predicted octanol–water partition coefficient (Wildman–Crippen LogP) is 1.47. The Balaban J connectivity index is 1.55. The Morgan fingerprint density at radius 1 is 1.40 bits per heavy atom. The lowest BCUT2D eigenvalue weighted by Gasteiger charge is -2.13. The van der Waals surface area contributed by atoms with Crippen molar-refractivity contribution in [2.75, 3.05) is 0 Å². The van der Waals surface area contributed by atoms with Crippen molar-refractivity contribution in [2.45, 2.75) is 45.4 Å². The summed E-state index contributed by atoms with van der Waals surface area (Å²) in [5, 5.41) is 12.9. The summed E-state index contributed by atoms with van der Waals surface area (Å²) in [5.41, 5.74) is 7.88. The molecule has 2 unspecified atom stereocenters. The number of rotatable bonds is 6. The third-order valence-corrected chi connectivity index (χ3v) is 4.34. The molecule has 25 heavy (non-hydrogen) atoms. The molecule has 0 bridgehead atoms. The number of para-hydroxylation sites is 1. The Kier molecular flexibility index (Phi) is 5.35. The number of hydrazine groups is 1. The summed E-state index contributed by atoms with van der Waals surface area (Å²) in [5.74, 6) is 0.687. The van der Waals surface area contributed by atoms with E-state index in [9.17, 15) is 9.90 Å². The number of aromatic hydroxyl groups is 1. The minimum absolute atomic E-state index is 0.0669. The number of aromatic nitrogens is 2. The van der Waals surface area contributed by atoms with Crippen molar-refractivity contribution in [2.24, 2.45) is 5.92 Å². The van der Waals surface area contributed by atoms with E-state index >= 15 is 0 Å². The van der Waals surface area contributed by atoms with E-state index in [1.54, 1.807) is 24.7 Å². The molecule has 7 nitrogen and oxygen atoms in total. The van der Waals surface area contributed by atoms with Crippen molar-refractivity contribution in [3.8, 4) is 5.75 Å². The number of hydrogen-bond donors (Lipinski definition) is 4. The highest BCUT2D eigenvalue weighted by Crippen LogP contribution is 2.29. The Labute approximate surface area is 147 Å². The van der Waals surface area contributed by atoms with Gasteiger partial charge in [0.05, 0.1) is 24.6 Å². The topological polar surface area (TPSA) is 91.2 Å². The quantitative estimate of drug-likeness (QED) is 0.638. The maximum Gasteiger partial charge on any atom is 0.238 e. The third kappa shape index (κ3) is 4.18. The fourth-order valence-electron chi connectivity index (χ4n) is 3.07. The number of imidazole rings is 1. The zero-order valence-electron chi connectivity index (χ0n) is 14.6. The number of amides is 1. The van der Waals surface area contributed by atoms with Gasteiger partial charge in [-0.15, -0.1) is 0 Å². The first-order chi connectivity index (χ1) is 12.0. The van der Waals surface area contributed by atoms with Crippen molar-refractivity contribution in [3.63, 3.8) is 0 Å². The summed E-state index contributed by atoms with van der Waals surface area (Å²) >= 11 is 0. The van der Waals surface area contributed by atoms with E-state index in [2.05, 4.69) is 39.6 Å². The van der Waals surface area contributed by atoms with Crippen molar-refractivity contribution in [3.05, 3.63) is 48.0 Å². The van der Waals surface area contributed by atoms with Gasteiger partial charge in [0, 0.05) is 18.3 Å². The van der Waals surface area contributed by atoms with Crippen molar-refractivity contribution in [1.29, 1.82) is 0 Å². The monoisotopic (exact) mass is 343 g/mol. The number of nitrogens with zero attached hydrogens (tertiary/aromatic N) is 2. The molecule has 134 valence electrons. The van der Waals surface area contributed by atoms with Gasteiger partial charge in [0.25, 0.3) is 0 Å². The maximum absolute atomic E-state index is 12.4. The standard InChI is InChI=1S/C18H25N5O2/c1-12(2)10-23-11-19-8-13(23)9-20-18(25)16-7-15(21-22-16)14-5-3-4-6-17(14)24/h3-6,8,11-12,15-16,21-22,24H,7,9-10H2,1-2H3,(H,20,25). The van der Waals surface area contributed by atoms with Gasteiger partial charge in [-0.25, -0.2) is 15.8 Å². The Hall–Kier alpha value is -2.38. The molecule has 2 aromatic rings. The van der Waals surface area contributed by atoms with Crippen molar-refractivity contribution >= 4 is 5.91 Å². The van der Waals surface area contributed by atoms with Crippen LogP contribution in [0.25, 0.3) is 0 Å². The molecule has 2 heterocycles. The molecule has 1 aliphatic rings. The van der Waals surface area contributed by atoms with E-state index in [4.69, 9.17) is 0 Å². The van der Waals surface area contributed by atoms with Crippen LogP contribution in [-0.2, 0) is 17.9 Å². The van der Waals surface area contributed by atoms with Crippen LogP contribution in [-0.4, -0.2) is 26.6 Å². The highest BCUT2D eigenvalue weighted by Gasteiger charge is 2.31. The van der Waals surface area contributed by atoms with Gasteiger partial charge in [-0.1, -0.05) is 32.0 Å². The lowest BCUT2D eigenvalue weighted by molar-refractivity contribution is -0.123. The fourth-order valence-corrected chi connectivity index (χ4v) is 3.07. The van der Waals surface area contributed by atoms with Gasteiger partial charge in [-0.3, -0.25) is 4.79 Å². The second-order valence-corrected chi connectivity index (χ2v) is 6.84. The highest BCUT2D eigenvalue weighted by atomic mass is 16.3. The normalized spacial score (nSPS) is 20.1. The molecule has 1 aromatic carbocycles. The molecule has 1 saturated heterocycles. The molecule has 0 saturated carbocycles. The molecule has 0 spiro atoms. The van der Waals surface area contributed by atoms with Crippen LogP contribution in [0.1, 0.15) is 37.6 Å². The first kappa shape index (κ1) is 17.4. The Bertz CT molecular complexity index is 728. The zero-order chi connectivity index (χ0) is 17.8. The van der Waals surface area contributed by atoms with Gasteiger partial charge in [0.15, 0.2) is 0 Å². The highest BCUT2D eigenvalue weighted by molar-refractivity contribution is 5.82. The average Bonchev–Trinajstić information content (AvgIpc) is 3.22. The van der Waals surface area contributed by atoms with Crippen molar-refractivity contribution in [1.82, 2.24) is 25.7 Å². The molecule has 3 rings (SSSR count). The second kappa shape index (κ2) is 7.67. The van der Waals surface area contributed by atoms with Crippen LogP contribution < -0.4 is 16.2 Å². The molecule has 1 aliphatic heterocycles. The number of phenolic OH excluding ortho intramolecular Hbond substituents is 1. The van der Waals surface area contributed by atoms with E-state index in [-0.39, 0.29) is 23.7 Å². The molecule has 0 radical (unpaired) electrons. The average molecular weight is 343 g/mol. The first-order valence-corrected chi connectivity index (χ1v) is 8.60. The van der Waals surface area contributed by atoms with E-state index in [0.29, 0.717) is 18.9 Å². The van der Waals surface area contributed by atoms with Gasteiger partial charge < -0.3 is 15.0 Å². The van der Waals surface area contributed by atoms with Crippen LogP contribution in [0.4, 0.5) is 0 Å². The summed E-state index contributed by atoms with van der Waals surface area (Å²) in [6, 6.07) is 6.74. The second-order valence-electron chi connectivity index (χ2n) is 6.84. The third-order valence-electron chi connectivity index (χ3n) is 4.34. The van der Waals surface area contributed by atoms with Gasteiger partial charge in [-0.05, 0) is 18.4 Å². The summed E-state index contributed by atoms with van der Waals surface area (Å²) in [7, 11) is 0. The van der Waals surface area contributed by atoms with Crippen LogP contribution in [0.5, 0.6) is 5.75 Å². The van der Waals surface area contributed by atoms with Gasteiger partial charge in [0.1, 0.15) is 11.8 Å². The van der Waals surface area contributed by atoms with Crippen LogP contribution in [0.15, 0.2) is 36.8 Å². The maximum atomic E-state index is 12.4. The lowest BCUT2D eigenvalue weighted by Crippen LogP contribution is -2.43. The Morgan fingerprint density at radius 3 is 2.96 bits per heavy atom. The number of phenols is 1. The molecule has 7 heteroatoms. The molecular formula is C18H25N5O2. The lowest BCUT2D eigenvalue weighted by atomic mass is 10.0. The van der Waals surface area contributed by atoms with Gasteiger partial charge in [0.2, 0.25) is 5.91 Å². The van der Waals surface area contributed by atoms with E-state index in [0.717, 1.165) is 17.8 Å². The number of nitrogens with one attached hydrogen (secondary N) is 3. The van der Waals surface area contributed by atoms with E-state index in [1.807, 2.05) is 12.1 Å². The summed E-state index contributed by atoms with van der Waals surface area (Å²) < 4.78 is 2.07. The largest absolute Gasteiger partial charge is 0.508 e. The molecule has 2 atom stereocenters. The van der Waals surface area contributed by atoms with E-state index < -0.39 is 0 Å². The predicted molar refractivity (Wildman–Crippen MR) is 94.4 cm³/mol. The number of carbonyl (C=O) groups is 1. The SMILES string of the molecule is CC(C)Cn1cncc1CNC(=O)C1CC(c2ccccc2O)NN1. The first-order valence-electron chi connectivity index (χ1n) is 8.60. The van der Waals surface area contributed by atoms with Gasteiger partial charge >= 0.3 is 0 Å². The van der Waals surface area contributed by atoms with Crippen LogP contribution in [0.3, 0.4) is 0 Å². The fraction of sp³-hybridized carbons (Fsp3) is 0.444. The smallest absolute Gasteiger partial charge is 0.238 e. The molecular weight excluding hydrogens is 318 g/mol. The molecule has 4 N–H and O–H groups in total. The summed E-state index contributed by atoms with van der Waals surface area (Å²) in [6.07, 6.45) is 4.16. The van der Waals surface area contributed by atoms with Crippen molar-refractivity contribution < 1.29 is 9.90 Å². The zero-order valence-corrected chi connectivity index (χ0v) is 14.6. The van der Waals surface area contributed by atoms with Crippen LogP contribution in [0.2, 0.25) is 0 Å².